The minimum absolute atomic E-state index is 0.370. The van der Waals surface area contributed by atoms with Crippen LogP contribution in [0.1, 0.15) is 31.4 Å². The Hall–Kier alpha value is -0.850. The summed E-state index contributed by atoms with van der Waals surface area (Å²) in [5.74, 6) is 0.571. The van der Waals surface area contributed by atoms with Gasteiger partial charge in [-0.1, -0.05) is 35.8 Å². The van der Waals surface area contributed by atoms with Crippen LogP contribution in [0.15, 0.2) is 22.7 Å². The molecule has 1 aromatic rings. The quantitative estimate of drug-likeness (QED) is 0.928. The van der Waals surface area contributed by atoms with Crippen molar-refractivity contribution in [1.82, 2.24) is 5.32 Å². The van der Waals surface area contributed by atoms with E-state index in [1.54, 1.807) is 0 Å². The maximum atomic E-state index is 9.51. The molecule has 0 fully saturated rings. The van der Waals surface area contributed by atoms with Gasteiger partial charge in [0.25, 0.3) is 0 Å². The summed E-state index contributed by atoms with van der Waals surface area (Å²) in [4.78, 5) is 0. The van der Waals surface area contributed by atoms with Crippen LogP contribution in [0.3, 0.4) is 0 Å². The van der Waals surface area contributed by atoms with Crippen molar-refractivity contribution in [2.45, 2.75) is 38.6 Å². The average molecular weight is 307 g/mol. The number of hydrogen-bond donors (Lipinski definition) is 1. The van der Waals surface area contributed by atoms with E-state index in [2.05, 4.69) is 59.4 Å². The zero-order valence-electron chi connectivity index (χ0n) is 11.0. The molecule has 0 radical (unpaired) electrons. The minimum Gasteiger partial charge on any atom is -0.299 e. The van der Waals surface area contributed by atoms with E-state index in [4.69, 9.17) is 0 Å². The second-order valence-electron chi connectivity index (χ2n) is 5.56. The number of halogens is 1. The summed E-state index contributed by atoms with van der Waals surface area (Å²) in [6, 6.07) is 8.89. The Kier molecular flexibility index (Phi) is 4.09. The smallest absolute Gasteiger partial charge is 0.111 e. The lowest BCUT2D eigenvalue weighted by Crippen LogP contribution is -2.49. The molecule has 96 valence electrons. The third-order valence-electron chi connectivity index (χ3n) is 3.54. The number of fused-ring (bicyclic) bond motifs is 1. The number of aryl methyl sites for hydroxylation is 1. The van der Waals surface area contributed by atoms with E-state index in [9.17, 15) is 5.26 Å². The zero-order chi connectivity index (χ0) is 13.2. The highest BCUT2D eigenvalue weighted by atomic mass is 79.9. The SMILES string of the molecule is CC(C)CNC1(C#N)CCc2cc(Br)ccc2C1. The molecule has 0 heterocycles. The first-order valence-corrected chi connectivity index (χ1v) is 7.27. The highest BCUT2D eigenvalue weighted by Crippen LogP contribution is 2.30. The molecule has 3 heteroatoms. The predicted octanol–water partition coefficient (Wildman–Crippen LogP) is 3.45. The molecule has 1 unspecified atom stereocenters. The predicted molar refractivity (Wildman–Crippen MR) is 77.4 cm³/mol. The molecule has 0 amide bonds. The van der Waals surface area contributed by atoms with Gasteiger partial charge in [-0.25, -0.2) is 0 Å². The van der Waals surface area contributed by atoms with Gasteiger partial charge >= 0.3 is 0 Å². The van der Waals surface area contributed by atoms with Crippen LogP contribution in [0.2, 0.25) is 0 Å². The molecule has 18 heavy (non-hydrogen) atoms. The topological polar surface area (TPSA) is 35.8 Å². The molecule has 0 aliphatic heterocycles. The van der Waals surface area contributed by atoms with Crippen LogP contribution in [-0.2, 0) is 12.8 Å². The lowest BCUT2D eigenvalue weighted by molar-refractivity contribution is 0.346. The van der Waals surface area contributed by atoms with Gasteiger partial charge in [0.1, 0.15) is 5.54 Å². The number of benzene rings is 1. The molecular weight excluding hydrogens is 288 g/mol. The number of nitriles is 1. The summed E-state index contributed by atoms with van der Waals surface area (Å²) in [7, 11) is 0. The Labute approximate surface area is 118 Å². The van der Waals surface area contributed by atoms with E-state index < -0.39 is 0 Å². The molecule has 0 aromatic heterocycles. The Morgan fingerprint density at radius 2 is 2.22 bits per heavy atom. The van der Waals surface area contributed by atoms with Crippen molar-refractivity contribution in [1.29, 1.82) is 5.26 Å². The van der Waals surface area contributed by atoms with E-state index in [-0.39, 0.29) is 5.54 Å². The number of rotatable bonds is 3. The van der Waals surface area contributed by atoms with Gasteiger partial charge in [-0.2, -0.15) is 5.26 Å². The molecule has 1 atom stereocenters. The van der Waals surface area contributed by atoms with E-state index >= 15 is 0 Å². The van der Waals surface area contributed by atoms with Crippen molar-refractivity contribution in [2.75, 3.05) is 6.54 Å². The van der Waals surface area contributed by atoms with E-state index in [0.717, 1.165) is 30.3 Å². The van der Waals surface area contributed by atoms with Crippen molar-refractivity contribution in [3.05, 3.63) is 33.8 Å². The van der Waals surface area contributed by atoms with Gasteiger partial charge in [-0.05, 0) is 48.6 Å². The summed E-state index contributed by atoms with van der Waals surface area (Å²) in [5.41, 5.74) is 2.31. The summed E-state index contributed by atoms with van der Waals surface area (Å²) in [6.07, 6.45) is 2.70. The van der Waals surface area contributed by atoms with Crippen molar-refractivity contribution < 1.29 is 0 Å². The number of nitrogens with zero attached hydrogens (tertiary/aromatic N) is 1. The van der Waals surface area contributed by atoms with Crippen LogP contribution < -0.4 is 5.32 Å². The summed E-state index contributed by atoms with van der Waals surface area (Å²) < 4.78 is 1.13. The fraction of sp³-hybridized carbons (Fsp3) is 0.533. The first-order valence-electron chi connectivity index (χ1n) is 6.48. The third kappa shape index (κ3) is 2.93. The van der Waals surface area contributed by atoms with Crippen LogP contribution in [0.25, 0.3) is 0 Å². The zero-order valence-corrected chi connectivity index (χ0v) is 12.5. The van der Waals surface area contributed by atoms with Crippen LogP contribution >= 0.6 is 15.9 Å². The van der Waals surface area contributed by atoms with Gasteiger partial charge in [-0.15, -0.1) is 0 Å². The Morgan fingerprint density at radius 1 is 1.44 bits per heavy atom. The fourth-order valence-corrected chi connectivity index (χ4v) is 2.86. The molecule has 1 aliphatic rings. The van der Waals surface area contributed by atoms with Gasteiger partial charge in [0, 0.05) is 10.9 Å². The van der Waals surface area contributed by atoms with Gasteiger partial charge in [0.2, 0.25) is 0 Å². The van der Waals surface area contributed by atoms with Gasteiger partial charge < -0.3 is 0 Å². The molecular formula is C15H19BrN2. The first kappa shape index (κ1) is 13.6. The van der Waals surface area contributed by atoms with Gasteiger partial charge in [-0.3, -0.25) is 5.32 Å². The monoisotopic (exact) mass is 306 g/mol. The first-order chi connectivity index (χ1) is 8.54. The third-order valence-corrected chi connectivity index (χ3v) is 4.04. The van der Waals surface area contributed by atoms with Gasteiger partial charge in [0.05, 0.1) is 6.07 Å². The van der Waals surface area contributed by atoms with E-state index in [1.165, 1.54) is 11.1 Å². The highest BCUT2D eigenvalue weighted by molar-refractivity contribution is 9.10. The molecule has 0 spiro atoms. The normalized spacial score (nSPS) is 22.6. The second kappa shape index (κ2) is 5.42. The second-order valence-corrected chi connectivity index (χ2v) is 6.47. The molecule has 1 aliphatic carbocycles. The standard InChI is InChI=1S/C15H19BrN2/c1-11(2)9-18-15(10-17)6-5-12-7-14(16)4-3-13(12)8-15/h3-4,7,11,18H,5-6,8-9H2,1-2H3. The molecule has 1 aromatic carbocycles. The van der Waals surface area contributed by atoms with Crippen molar-refractivity contribution in [3.63, 3.8) is 0 Å². The van der Waals surface area contributed by atoms with Crippen LogP contribution in [0.4, 0.5) is 0 Å². The molecule has 0 bridgehead atoms. The van der Waals surface area contributed by atoms with Crippen molar-refractivity contribution in [3.8, 4) is 6.07 Å². The molecule has 1 N–H and O–H groups in total. The van der Waals surface area contributed by atoms with Crippen LogP contribution in [0, 0.1) is 17.2 Å². The minimum atomic E-state index is -0.370. The van der Waals surface area contributed by atoms with E-state index in [1.807, 2.05) is 0 Å². The average Bonchev–Trinajstić information content (AvgIpc) is 2.36. The highest BCUT2D eigenvalue weighted by Gasteiger charge is 2.34. The molecule has 2 nitrogen and oxygen atoms in total. The molecule has 2 rings (SSSR count). The maximum absolute atomic E-state index is 9.51. The van der Waals surface area contributed by atoms with Gasteiger partial charge in [0.15, 0.2) is 0 Å². The molecule has 0 saturated heterocycles. The Morgan fingerprint density at radius 3 is 2.89 bits per heavy atom. The Bertz CT molecular complexity index is 476. The van der Waals surface area contributed by atoms with Crippen molar-refractivity contribution >= 4 is 15.9 Å². The fourth-order valence-electron chi connectivity index (χ4n) is 2.45. The largest absolute Gasteiger partial charge is 0.299 e. The summed E-state index contributed by atoms with van der Waals surface area (Å²) in [6.45, 7) is 5.25. The molecule has 0 saturated carbocycles. The summed E-state index contributed by atoms with van der Waals surface area (Å²) >= 11 is 3.51. The lowest BCUT2D eigenvalue weighted by atomic mass is 9.78. The number of nitrogens with one attached hydrogen (secondary N) is 1. The van der Waals surface area contributed by atoms with E-state index in [0.29, 0.717) is 5.92 Å². The number of hydrogen-bond acceptors (Lipinski definition) is 2. The summed E-state index contributed by atoms with van der Waals surface area (Å²) in [5, 5.41) is 13.0. The van der Waals surface area contributed by atoms with Crippen molar-refractivity contribution in [2.24, 2.45) is 5.92 Å². The lowest BCUT2D eigenvalue weighted by Gasteiger charge is -2.34. The Balaban J connectivity index is 2.18. The van der Waals surface area contributed by atoms with Crippen LogP contribution in [0.5, 0.6) is 0 Å². The maximum Gasteiger partial charge on any atom is 0.111 e. The van der Waals surface area contributed by atoms with Crippen LogP contribution in [-0.4, -0.2) is 12.1 Å².